The molecule has 5 aliphatic heterocycles. The van der Waals surface area contributed by atoms with Gasteiger partial charge in [0.15, 0.2) is 5.82 Å². The molecule has 1 N–H and O–H groups in total. The Hall–Kier alpha value is -4.26. The van der Waals surface area contributed by atoms with Gasteiger partial charge in [-0.1, -0.05) is 61.7 Å². The van der Waals surface area contributed by atoms with Crippen molar-refractivity contribution in [2.75, 3.05) is 31.1 Å². The van der Waals surface area contributed by atoms with Crippen molar-refractivity contribution in [2.45, 2.75) is 81.6 Å². The zero-order valence-electron chi connectivity index (χ0n) is 26.8. The molecule has 9 rings (SSSR count). The van der Waals surface area contributed by atoms with Crippen molar-refractivity contribution in [3.63, 3.8) is 0 Å². The fourth-order valence-corrected chi connectivity index (χ4v) is 9.20. The second-order valence-electron chi connectivity index (χ2n) is 14.1. The lowest BCUT2D eigenvalue weighted by Crippen LogP contribution is -2.63. The van der Waals surface area contributed by atoms with Gasteiger partial charge in [0.1, 0.15) is 35.1 Å². The van der Waals surface area contributed by atoms with Gasteiger partial charge >= 0.3 is 6.01 Å². The first-order chi connectivity index (χ1) is 23.0. The van der Waals surface area contributed by atoms with Crippen LogP contribution >= 0.6 is 0 Å². The van der Waals surface area contributed by atoms with Crippen LogP contribution in [0.2, 0.25) is 0 Å². The molecule has 4 aromatic rings. The number of rotatable bonds is 6. The Morgan fingerprint density at radius 1 is 1.17 bits per heavy atom. The third-order valence-electron chi connectivity index (χ3n) is 11.2. The van der Waals surface area contributed by atoms with Crippen LogP contribution in [0.15, 0.2) is 48.6 Å². The zero-order chi connectivity index (χ0) is 31.9. The molecule has 4 fully saturated rings. The molecular formula is C38H39FN6O2. The molecular weight excluding hydrogens is 591 g/mol. The summed E-state index contributed by atoms with van der Waals surface area (Å²) in [4.78, 5) is 19.7. The number of anilines is 1. The number of hydrogen-bond donors (Lipinski definition) is 1. The van der Waals surface area contributed by atoms with E-state index in [-0.39, 0.29) is 40.9 Å². The lowest BCUT2D eigenvalue weighted by Gasteiger charge is -2.43. The molecule has 240 valence electrons. The average Bonchev–Trinajstić information content (AvgIpc) is 3.72. The normalized spacial score (nSPS) is 27.9. The first-order valence-corrected chi connectivity index (χ1v) is 17.1. The molecule has 0 saturated carbocycles. The quantitative estimate of drug-likeness (QED) is 0.205. The van der Waals surface area contributed by atoms with E-state index in [1.807, 2.05) is 36.4 Å². The van der Waals surface area contributed by atoms with Gasteiger partial charge in [0.25, 0.3) is 0 Å². The number of halogens is 1. The second kappa shape index (κ2) is 10.9. The van der Waals surface area contributed by atoms with E-state index in [1.165, 1.54) is 5.57 Å². The maximum absolute atomic E-state index is 17.2. The maximum Gasteiger partial charge on any atom is 0.319 e. The van der Waals surface area contributed by atoms with Gasteiger partial charge in [-0.05, 0) is 56.5 Å². The minimum Gasteiger partial charge on any atom is -0.471 e. The number of piperazine rings is 1. The first-order valence-electron chi connectivity index (χ1n) is 17.1. The molecule has 4 saturated heterocycles. The predicted molar refractivity (Wildman–Crippen MR) is 181 cm³/mol. The van der Waals surface area contributed by atoms with E-state index < -0.39 is 5.82 Å². The monoisotopic (exact) mass is 630 g/mol. The number of hydrogen-bond acceptors (Lipinski definition) is 8. The van der Waals surface area contributed by atoms with Crippen molar-refractivity contribution in [2.24, 2.45) is 0 Å². The van der Waals surface area contributed by atoms with Crippen LogP contribution in [0.4, 0.5) is 10.2 Å². The summed E-state index contributed by atoms with van der Waals surface area (Å²) in [7, 11) is 0. The molecule has 2 aromatic carbocycles. The highest BCUT2D eigenvalue weighted by Crippen LogP contribution is 2.46. The Labute approximate surface area is 274 Å². The van der Waals surface area contributed by atoms with Gasteiger partial charge in [0, 0.05) is 41.7 Å². The number of ether oxygens (including phenoxy) is 2. The number of fused-ring (bicyclic) bond motifs is 7. The predicted octanol–water partition coefficient (Wildman–Crippen LogP) is 6.01. The summed E-state index contributed by atoms with van der Waals surface area (Å²) in [6, 6.07) is 12.3. The first kappa shape index (κ1) is 28.9. The minimum atomic E-state index is -0.529. The Morgan fingerprint density at radius 2 is 2.04 bits per heavy atom. The van der Waals surface area contributed by atoms with Crippen LogP contribution in [0.25, 0.3) is 32.9 Å². The fourth-order valence-electron chi connectivity index (χ4n) is 9.20. The molecule has 7 heterocycles. The molecule has 0 amide bonds. The maximum atomic E-state index is 17.2. The topological polar surface area (TPSA) is 75.6 Å². The van der Waals surface area contributed by atoms with E-state index in [2.05, 4.69) is 34.5 Å². The number of benzene rings is 2. The van der Waals surface area contributed by atoms with Crippen LogP contribution in [0.1, 0.15) is 57.4 Å². The van der Waals surface area contributed by atoms with Gasteiger partial charge in [0.2, 0.25) is 5.88 Å². The van der Waals surface area contributed by atoms with Crippen molar-refractivity contribution in [3.8, 4) is 35.5 Å². The Kier molecular flexibility index (Phi) is 6.70. The van der Waals surface area contributed by atoms with Gasteiger partial charge in [-0.15, -0.1) is 6.42 Å². The average molecular weight is 631 g/mol. The van der Waals surface area contributed by atoms with Crippen LogP contribution in [0, 0.1) is 18.2 Å². The number of terminal acetylenes is 1. The van der Waals surface area contributed by atoms with Crippen LogP contribution in [0.5, 0.6) is 11.9 Å². The van der Waals surface area contributed by atoms with E-state index in [9.17, 15) is 0 Å². The van der Waals surface area contributed by atoms with Crippen LogP contribution in [-0.2, 0) is 0 Å². The van der Waals surface area contributed by atoms with Gasteiger partial charge in [0.05, 0.1) is 11.6 Å². The molecule has 0 spiro atoms. The Balaban J connectivity index is 1.25. The highest BCUT2D eigenvalue weighted by Gasteiger charge is 2.49. The molecule has 0 aliphatic carbocycles. The summed E-state index contributed by atoms with van der Waals surface area (Å²) < 4.78 is 30.6. The number of nitrogens with one attached hydrogen (secondary N) is 1. The van der Waals surface area contributed by atoms with E-state index in [1.54, 1.807) is 0 Å². The summed E-state index contributed by atoms with van der Waals surface area (Å²) in [5.41, 5.74) is 2.73. The lowest BCUT2D eigenvalue weighted by molar-refractivity contribution is 0.107. The second-order valence-corrected chi connectivity index (χ2v) is 14.1. The van der Waals surface area contributed by atoms with Gasteiger partial charge < -0.3 is 19.7 Å². The standard InChI is InChI=1S/C38H39FN6O2/c1-4-9-28-34-27-15-14-25(40-27)20-45(34)35-30-33(42-37(43-35)46-21-38-16-8-17-44(38)19-22(3)18-38)31(39)32(41-36(30)47-28)26-13-7-12-24-11-6-10-23(5-2)29(24)26/h2,6-7,10-13,25,27-28,34,40H,3-4,8-9,14-21H2,1H3. The molecule has 5 aliphatic rings. The van der Waals surface area contributed by atoms with E-state index in [0.717, 1.165) is 75.4 Å². The molecule has 2 aromatic heterocycles. The zero-order valence-corrected chi connectivity index (χ0v) is 26.8. The molecule has 0 radical (unpaired) electrons. The molecule has 8 nitrogen and oxygen atoms in total. The molecule has 2 bridgehead atoms. The number of pyridine rings is 1. The Bertz CT molecular complexity index is 1990. The van der Waals surface area contributed by atoms with Crippen molar-refractivity contribution < 1.29 is 13.9 Å². The third-order valence-corrected chi connectivity index (χ3v) is 11.2. The van der Waals surface area contributed by atoms with Crippen molar-refractivity contribution in [1.29, 1.82) is 0 Å². The summed E-state index contributed by atoms with van der Waals surface area (Å²) in [5, 5.41) is 6.03. The van der Waals surface area contributed by atoms with Crippen molar-refractivity contribution in [3.05, 3.63) is 59.9 Å². The van der Waals surface area contributed by atoms with Gasteiger partial charge in [-0.3, -0.25) is 4.90 Å². The van der Waals surface area contributed by atoms with Crippen LogP contribution in [-0.4, -0.2) is 75.9 Å². The Morgan fingerprint density at radius 3 is 2.89 bits per heavy atom. The summed E-state index contributed by atoms with van der Waals surface area (Å²) in [6.07, 6.45) is 12.8. The molecule has 47 heavy (non-hydrogen) atoms. The molecule has 9 heteroatoms. The number of aromatic nitrogens is 3. The highest BCUT2D eigenvalue weighted by atomic mass is 19.1. The summed E-state index contributed by atoms with van der Waals surface area (Å²) in [6.45, 7) is 9.57. The lowest BCUT2D eigenvalue weighted by atomic mass is 9.94. The van der Waals surface area contributed by atoms with Crippen molar-refractivity contribution >= 4 is 27.5 Å². The fraction of sp³-hybridized carbons (Fsp3) is 0.447. The van der Waals surface area contributed by atoms with Gasteiger partial charge in [-0.25, -0.2) is 9.37 Å². The summed E-state index contributed by atoms with van der Waals surface area (Å²) in [5.74, 6) is 3.28. The smallest absolute Gasteiger partial charge is 0.319 e. The minimum absolute atomic E-state index is 0.0213. The third kappa shape index (κ3) is 4.45. The largest absolute Gasteiger partial charge is 0.471 e. The molecule has 5 unspecified atom stereocenters. The van der Waals surface area contributed by atoms with Crippen molar-refractivity contribution in [1.82, 2.24) is 25.2 Å². The van der Waals surface area contributed by atoms with E-state index >= 15 is 4.39 Å². The highest BCUT2D eigenvalue weighted by molar-refractivity contribution is 6.03. The van der Waals surface area contributed by atoms with Gasteiger partial charge in [-0.2, -0.15) is 9.97 Å². The SMILES string of the molecule is C#Cc1cccc2cccc(-c3nc4c5c(nc(OCC67CCCN6CC(=C)C7)nc5c3F)N3CC5CCC(N5)C3C(CCC)O4)c12. The van der Waals surface area contributed by atoms with E-state index in [4.69, 9.17) is 30.8 Å². The molecule has 5 atom stereocenters. The van der Waals surface area contributed by atoms with Crippen LogP contribution in [0.3, 0.4) is 0 Å². The number of nitrogens with zero attached hydrogens (tertiary/aromatic N) is 5. The summed E-state index contributed by atoms with van der Waals surface area (Å²) >= 11 is 0. The van der Waals surface area contributed by atoms with E-state index in [0.29, 0.717) is 40.9 Å². The van der Waals surface area contributed by atoms with Crippen LogP contribution < -0.4 is 19.7 Å².